The minimum Gasteiger partial charge on any atom is -0.310 e. The van der Waals surface area contributed by atoms with Crippen LogP contribution in [0, 0.1) is 0 Å². The van der Waals surface area contributed by atoms with Gasteiger partial charge in [-0.2, -0.15) is 0 Å². The molecule has 3 nitrogen and oxygen atoms in total. The zero-order chi connectivity index (χ0) is 95.2. The first-order chi connectivity index (χ1) is 71.5. The van der Waals surface area contributed by atoms with Crippen molar-refractivity contribution in [2.75, 3.05) is 14.7 Å². The Morgan fingerprint density at radius 2 is 0.264 bits per heavy atom. The summed E-state index contributed by atoms with van der Waals surface area (Å²) in [7, 11) is 0. The van der Waals surface area contributed by atoms with E-state index in [0.717, 1.165) is 34.1 Å². The molecule has 0 bridgehead atoms. The van der Waals surface area contributed by atoms with E-state index in [0.29, 0.717) is 0 Å². The topological polar surface area (TPSA) is 9.72 Å². The quantitative estimate of drug-likeness (QED) is 0.107. The molecule has 0 radical (unpaired) electrons. The standard InChI is InChI=1S/2C49H33N.C43H29N/c1-3-16-34(17-4-1)35-30-32-37(33-31-35)50(46-28-14-10-20-38(46)36-18-5-2-6-19-36)47-29-15-27-45-48(47)41-23-9-13-26-44(41)49(45)42-24-11-7-21-39(42)40-22-8-12-25-43(40)49;1-3-14-34(15-4-1)36-26-30-38(31-27-36)50(39-32-28-37(29-33-39)35-16-5-2-6-17-35)47-25-13-24-46-48(47)42-20-9-12-23-45(42)49(46)43-21-10-7-18-40(43)41-19-8-11-22-44(41)49;1-3-14-30(15-4-1)31-26-28-33(29-27-31)44(32-16-5-2-6-17-32)41-25-13-24-40-42(41)36-20-9-12-23-39(36)43(40)37-21-10-7-18-34(37)35-19-8-11-22-38(35)43/h2*1-33H;1-29H. The van der Waals surface area contributed by atoms with Gasteiger partial charge in [-0.25, -0.2) is 0 Å². The van der Waals surface area contributed by atoms with E-state index in [1.54, 1.807) is 0 Å². The minimum absolute atomic E-state index is 0.366. The molecule has 23 aromatic rings. The van der Waals surface area contributed by atoms with Gasteiger partial charge >= 0.3 is 0 Å². The molecule has 6 aliphatic rings. The van der Waals surface area contributed by atoms with Crippen LogP contribution in [-0.2, 0) is 16.2 Å². The van der Waals surface area contributed by atoms with Gasteiger partial charge < -0.3 is 14.7 Å². The highest BCUT2D eigenvalue weighted by Gasteiger charge is 2.56. The summed E-state index contributed by atoms with van der Waals surface area (Å²) >= 11 is 0. The predicted octanol–water partition coefficient (Wildman–Crippen LogP) is 36.8. The van der Waals surface area contributed by atoms with Crippen molar-refractivity contribution in [1.82, 2.24) is 0 Å². The highest BCUT2D eigenvalue weighted by molar-refractivity contribution is 6.07. The molecule has 0 heterocycles. The monoisotopic (exact) mass is 1830 g/mol. The van der Waals surface area contributed by atoms with Gasteiger partial charge in [0.25, 0.3) is 0 Å². The van der Waals surface area contributed by atoms with E-state index in [1.807, 2.05) is 0 Å². The van der Waals surface area contributed by atoms with Crippen molar-refractivity contribution in [3.8, 4) is 122 Å². The first kappa shape index (κ1) is 84.7. The van der Waals surface area contributed by atoms with Gasteiger partial charge in [0.05, 0.1) is 39.0 Å². The Kier molecular flexibility index (Phi) is 20.7. The maximum absolute atomic E-state index is 2.48. The molecule has 0 fully saturated rings. The van der Waals surface area contributed by atoms with Crippen molar-refractivity contribution in [3.63, 3.8) is 0 Å². The molecule has 23 aromatic carbocycles. The van der Waals surface area contributed by atoms with Crippen molar-refractivity contribution in [3.05, 3.63) is 643 Å². The largest absolute Gasteiger partial charge is 0.310 e. The Labute approximate surface area is 841 Å². The maximum atomic E-state index is 2.48. The molecule has 0 saturated heterocycles. The summed E-state index contributed by atoms with van der Waals surface area (Å²) < 4.78 is 0. The van der Waals surface area contributed by atoms with E-state index >= 15 is 0 Å². The first-order valence-corrected chi connectivity index (χ1v) is 50.0. The van der Waals surface area contributed by atoms with E-state index in [2.05, 4.69) is 591 Å². The van der Waals surface area contributed by atoms with Crippen LogP contribution in [0.1, 0.15) is 66.8 Å². The Morgan fingerprint density at radius 1 is 0.0972 bits per heavy atom. The van der Waals surface area contributed by atoms with Crippen molar-refractivity contribution in [2.24, 2.45) is 0 Å². The van der Waals surface area contributed by atoms with Crippen LogP contribution >= 0.6 is 0 Å². The highest BCUT2D eigenvalue weighted by Crippen LogP contribution is 2.69. The maximum Gasteiger partial charge on any atom is 0.0726 e. The Bertz CT molecular complexity index is 8620. The summed E-state index contributed by atoms with van der Waals surface area (Å²) in [6.45, 7) is 0. The number of hydrogen-bond donors (Lipinski definition) is 0. The zero-order valence-electron chi connectivity index (χ0n) is 79.2. The van der Waals surface area contributed by atoms with Crippen LogP contribution in [0.5, 0.6) is 0 Å². The predicted molar refractivity (Wildman–Crippen MR) is 599 cm³/mol. The summed E-state index contributed by atoms with van der Waals surface area (Å²) in [6, 6.07) is 211. The Balaban J connectivity index is 0.000000108. The number of fused-ring (bicyclic) bond motifs is 30. The van der Waals surface area contributed by atoms with Gasteiger partial charge in [-0.3, -0.25) is 0 Å². The van der Waals surface area contributed by atoms with E-state index in [1.165, 1.54) is 206 Å². The average molecular weight is 1830 g/mol. The molecule has 0 amide bonds. The van der Waals surface area contributed by atoms with Crippen molar-refractivity contribution in [1.29, 1.82) is 0 Å². The number of para-hydroxylation sites is 2. The Hall–Kier alpha value is -18.5. The average Bonchev–Trinajstić information content (AvgIpc) is 1.51. The molecule has 3 heteroatoms. The minimum atomic E-state index is -0.406. The van der Waals surface area contributed by atoms with Gasteiger partial charge in [0, 0.05) is 50.7 Å². The van der Waals surface area contributed by atoms with Crippen molar-refractivity contribution >= 4 is 51.2 Å². The number of nitrogens with zero attached hydrogens (tertiary/aromatic N) is 3. The molecular weight excluding hydrogens is 1740 g/mol. The van der Waals surface area contributed by atoms with Crippen LogP contribution in [0.3, 0.4) is 0 Å². The molecule has 144 heavy (non-hydrogen) atoms. The van der Waals surface area contributed by atoms with Crippen LogP contribution in [0.25, 0.3) is 122 Å². The van der Waals surface area contributed by atoms with E-state index < -0.39 is 10.8 Å². The molecule has 0 unspecified atom stereocenters. The normalized spacial score (nSPS) is 13.0. The second-order valence-corrected chi connectivity index (χ2v) is 38.1. The summed E-state index contributed by atoms with van der Waals surface area (Å²) in [4.78, 5) is 7.36. The summed E-state index contributed by atoms with van der Waals surface area (Å²) in [6.07, 6.45) is 0. The lowest BCUT2D eigenvalue weighted by atomic mass is 9.70. The van der Waals surface area contributed by atoms with Crippen LogP contribution in [0.4, 0.5) is 51.2 Å². The van der Waals surface area contributed by atoms with Crippen molar-refractivity contribution < 1.29 is 0 Å². The molecule has 0 aromatic heterocycles. The second kappa shape index (κ2) is 35.1. The third-order valence-corrected chi connectivity index (χ3v) is 30.9. The Morgan fingerprint density at radius 3 is 0.528 bits per heavy atom. The van der Waals surface area contributed by atoms with E-state index in [-0.39, 0.29) is 5.41 Å². The third kappa shape index (κ3) is 13.3. The van der Waals surface area contributed by atoms with Crippen molar-refractivity contribution in [2.45, 2.75) is 16.2 Å². The fourth-order valence-electron chi connectivity index (χ4n) is 25.0. The van der Waals surface area contributed by atoms with Crippen LogP contribution in [0.15, 0.2) is 576 Å². The first-order valence-electron chi connectivity index (χ1n) is 50.0. The summed E-state index contributed by atoms with van der Waals surface area (Å²) in [5.74, 6) is 0. The van der Waals surface area contributed by atoms with Gasteiger partial charge in [-0.1, -0.05) is 491 Å². The lowest BCUT2D eigenvalue weighted by Crippen LogP contribution is -2.26. The second-order valence-electron chi connectivity index (χ2n) is 38.1. The number of benzene rings is 23. The summed E-state index contributed by atoms with van der Waals surface area (Å²) in [5.41, 5.74) is 53.1. The smallest absolute Gasteiger partial charge is 0.0726 e. The van der Waals surface area contributed by atoms with Crippen LogP contribution in [0.2, 0.25) is 0 Å². The molecule has 674 valence electrons. The molecule has 29 rings (SSSR count). The number of hydrogen-bond acceptors (Lipinski definition) is 3. The number of anilines is 9. The molecule has 6 aliphatic carbocycles. The molecule has 0 aliphatic heterocycles. The van der Waals surface area contributed by atoms with Gasteiger partial charge in [0.1, 0.15) is 0 Å². The summed E-state index contributed by atoms with van der Waals surface area (Å²) in [5, 5.41) is 0. The highest BCUT2D eigenvalue weighted by atomic mass is 15.2. The van der Waals surface area contributed by atoms with Gasteiger partial charge in [0.15, 0.2) is 0 Å². The number of rotatable bonds is 14. The van der Waals surface area contributed by atoms with Gasteiger partial charge in [-0.05, 0) is 252 Å². The lowest BCUT2D eigenvalue weighted by Gasteiger charge is -2.32. The van der Waals surface area contributed by atoms with E-state index in [9.17, 15) is 0 Å². The van der Waals surface area contributed by atoms with E-state index in [4.69, 9.17) is 0 Å². The van der Waals surface area contributed by atoms with Gasteiger partial charge in [-0.15, -0.1) is 0 Å². The fourth-order valence-corrected chi connectivity index (χ4v) is 25.0. The van der Waals surface area contributed by atoms with Gasteiger partial charge in [0.2, 0.25) is 0 Å². The van der Waals surface area contributed by atoms with Crippen LogP contribution in [-0.4, -0.2) is 0 Å². The molecule has 0 N–H and O–H groups in total. The molecule has 0 atom stereocenters. The molecular formula is C141H95N3. The van der Waals surface area contributed by atoms with Crippen LogP contribution < -0.4 is 14.7 Å². The molecule has 3 spiro atoms. The third-order valence-electron chi connectivity index (χ3n) is 30.9. The fraction of sp³-hybridized carbons (Fsp3) is 0.0213. The SMILES string of the molecule is c1ccc(-c2ccc(N(c3ccc(-c4ccccc4)cc3)c3cccc4c3-c3ccccc3C43c4ccccc4-c4ccccc43)cc2)cc1.c1ccc(-c2ccc(N(c3ccccc3)c3cccc4c3-c3ccccc3C43c4ccccc4-c4ccccc43)cc2)cc1.c1ccc(-c2ccc(N(c3ccccc3-c3ccccc3)c3cccc4c3-c3ccccc3C43c4ccccc4-c4ccccc43)cc2)cc1. The zero-order valence-corrected chi connectivity index (χ0v) is 79.2. The lowest BCUT2D eigenvalue weighted by molar-refractivity contribution is 0.794. The molecule has 0 saturated carbocycles.